The van der Waals surface area contributed by atoms with Crippen molar-refractivity contribution in [3.63, 3.8) is 0 Å². The lowest BCUT2D eigenvalue weighted by Crippen LogP contribution is -2.27. The molecular weight excluding hydrogens is 270 g/mol. The molecule has 2 aromatic heterocycles. The molecule has 3 rings (SSSR count). The molecule has 0 aliphatic rings. The van der Waals surface area contributed by atoms with E-state index in [1.807, 2.05) is 6.07 Å². The quantitative estimate of drug-likeness (QED) is 0.769. The van der Waals surface area contributed by atoms with Crippen LogP contribution in [-0.4, -0.2) is 25.2 Å². The van der Waals surface area contributed by atoms with Gasteiger partial charge in [-0.15, -0.1) is 0 Å². The molecule has 0 atom stereocenters. The third-order valence-electron chi connectivity index (χ3n) is 3.04. The van der Waals surface area contributed by atoms with E-state index in [1.165, 1.54) is 10.8 Å². The lowest BCUT2D eigenvalue weighted by Gasteiger charge is -2.09. The SMILES string of the molecule is Cn1cc(NC(=O)Cn2c(=O)cnc3ccccc32)cn1. The molecule has 0 saturated heterocycles. The third kappa shape index (κ3) is 2.66. The largest absolute Gasteiger partial charge is 0.322 e. The van der Waals surface area contributed by atoms with Crippen molar-refractivity contribution < 1.29 is 4.79 Å². The fourth-order valence-corrected chi connectivity index (χ4v) is 2.11. The van der Waals surface area contributed by atoms with Crippen molar-refractivity contribution in [2.45, 2.75) is 6.54 Å². The second kappa shape index (κ2) is 5.20. The van der Waals surface area contributed by atoms with Crippen LogP contribution < -0.4 is 10.9 Å². The number of carbonyl (C=O) groups excluding carboxylic acids is 1. The Morgan fingerprint density at radius 3 is 2.86 bits per heavy atom. The summed E-state index contributed by atoms with van der Waals surface area (Å²) in [4.78, 5) is 28.0. The highest BCUT2D eigenvalue weighted by atomic mass is 16.2. The molecule has 0 aliphatic heterocycles. The lowest BCUT2D eigenvalue weighted by atomic mass is 10.3. The van der Waals surface area contributed by atoms with Gasteiger partial charge in [-0.1, -0.05) is 12.1 Å². The van der Waals surface area contributed by atoms with Gasteiger partial charge in [0.25, 0.3) is 5.56 Å². The minimum Gasteiger partial charge on any atom is -0.322 e. The number of aromatic nitrogens is 4. The second-order valence-electron chi connectivity index (χ2n) is 4.62. The van der Waals surface area contributed by atoms with Crippen LogP contribution in [0.1, 0.15) is 0 Å². The molecule has 7 heteroatoms. The summed E-state index contributed by atoms with van der Waals surface area (Å²) in [5.41, 5.74) is 1.58. The van der Waals surface area contributed by atoms with E-state index in [9.17, 15) is 9.59 Å². The smallest absolute Gasteiger partial charge is 0.269 e. The number of aryl methyl sites for hydroxylation is 1. The highest BCUT2D eigenvalue weighted by Gasteiger charge is 2.09. The summed E-state index contributed by atoms with van der Waals surface area (Å²) in [5, 5.41) is 6.67. The van der Waals surface area contributed by atoms with Crippen molar-refractivity contribution >= 4 is 22.6 Å². The van der Waals surface area contributed by atoms with Crippen LogP contribution in [0.5, 0.6) is 0 Å². The van der Waals surface area contributed by atoms with Crippen molar-refractivity contribution in [2.75, 3.05) is 5.32 Å². The monoisotopic (exact) mass is 283 g/mol. The first-order valence-electron chi connectivity index (χ1n) is 6.36. The number of nitrogens with one attached hydrogen (secondary N) is 1. The first-order valence-corrected chi connectivity index (χ1v) is 6.36. The summed E-state index contributed by atoms with van der Waals surface area (Å²) in [6, 6.07) is 7.20. The normalized spacial score (nSPS) is 10.7. The van der Waals surface area contributed by atoms with E-state index in [-0.39, 0.29) is 18.0 Å². The zero-order valence-corrected chi connectivity index (χ0v) is 11.4. The Hall–Kier alpha value is -2.96. The van der Waals surface area contributed by atoms with Gasteiger partial charge in [0.1, 0.15) is 6.54 Å². The molecular formula is C14H13N5O2. The fraction of sp³-hybridized carbons (Fsp3) is 0.143. The topological polar surface area (TPSA) is 81.8 Å². The molecule has 3 aromatic rings. The van der Waals surface area contributed by atoms with Crippen molar-refractivity contribution in [1.29, 1.82) is 0 Å². The van der Waals surface area contributed by atoms with Gasteiger partial charge in [0.2, 0.25) is 5.91 Å². The third-order valence-corrected chi connectivity index (χ3v) is 3.04. The molecule has 0 fully saturated rings. The van der Waals surface area contributed by atoms with Gasteiger partial charge in [-0.25, -0.2) is 4.98 Å². The molecule has 106 valence electrons. The van der Waals surface area contributed by atoms with E-state index in [0.29, 0.717) is 16.7 Å². The van der Waals surface area contributed by atoms with Gasteiger partial charge >= 0.3 is 0 Å². The number of fused-ring (bicyclic) bond motifs is 1. The molecule has 0 bridgehead atoms. The van der Waals surface area contributed by atoms with Crippen LogP contribution in [0.4, 0.5) is 5.69 Å². The minimum absolute atomic E-state index is 0.0727. The molecule has 0 saturated carbocycles. The van der Waals surface area contributed by atoms with Gasteiger partial charge in [0.15, 0.2) is 0 Å². The van der Waals surface area contributed by atoms with Crippen molar-refractivity contribution in [2.24, 2.45) is 7.05 Å². The number of nitrogens with zero attached hydrogens (tertiary/aromatic N) is 4. The van der Waals surface area contributed by atoms with E-state index in [2.05, 4.69) is 15.4 Å². The predicted octanol–water partition coefficient (Wildman–Crippen LogP) is 0.769. The Labute approximate surface area is 119 Å². The van der Waals surface area contributed by atoms with Crippen LogP contribution >= 0.6 is 0 Å². The molecule has 1 N–H and O–H groups in total. The van der Waals surface area contributed by atoms with Crippen LogP contribution in [0.15, 0.2) is 47.7 Å². The number of anilines is 1. The van der Waals surface area contributed by atoms with Gasteiger partial charge in [0, 0.05) is 13.2 Å². The number of rotatable bonds is 3. The number of hydrogen-bond donors (Lipinski definition) is 1. The molecule has 7 nitrogen and oxygen atoms in total. The first kappa shape index (κ1) is 13.0. The van der Waals surface area contributed by atoms with E-state index < -0.39 is 0 Å². The second-order valence-corrected chi connectivity index (χ2v) is 4.62. The molecule has 0 aliphatic carbocycles. The Balaban J connectivity index is 1.89. The predicted molar refractivity (Wildman–Crippen MR) is 77.8 cm³/mol. The number of hydrogen-bond acceptors (Lipinski definition) is 4. The Bertz CT molecular complexity index is 865. The van der Waals surface area contributed by atoms with E-state index in [1.54, 1.807) is 42.3 Å². The summed E-state index contributed by atoms with van der Waals surface area (Å²) in [6.07, 6.45) is 4.45. The molecule has 2 heterocycles. The van der Waals surface area contributed by atoms with Crippen molar-refractivity contribution in [1.82, 2.24) is 19.3 Å². The van der Waals surface area contributed by atoms with Crippen LogP contribution in [0, 0.1) is 0 Å². The highest BCUT2D eigenvalue weighted by molar-refractivity contribution is 5.91. The summed E-state index contributed by atoms with van der Waals surface area (Å²) in [5.74, 6) is -0.290. The van der Waals surface area contributed by atoms with E-state index in [4.69, 9.17) is 0 Å². The molecule has 0 spiro atoms. The molecule has 1 aromatic carbocycles. The van der Waals surface area contributed by atoms with Crippen LogP contribution in [-0.2, 0) is 18.4 Å². The maximum atomic E-state index is 12.1. The summed E-state index contributed by atoms with van der Waals surface area (Å²) >= 11 is 0. The maximum absolute atomic E-state index is 12.1. The Morgan fingerprint density at radius 1 is 1.29 bits per heavy atom. The van der Waals surface area contributed by atoms with E-state index in [0.717, 1.165) is 0 Å². The van der Waals surface area contributed by atoms with Gasteiger partial charge in [-0.2, -0.15) is 5.10 Å². The zero-order valence-electron chi connectivity index (χ0n) is 11.4. The van der Waals surface area contributed by atoms with Crippen molar-refractivity contribution in [3.05, 3.63) is 53.2 Å². The Kier molecular flexibility index (Phi) is 3.23. The van der Waals surface area contributed by atoms with Crippen LogP contribution in [0.25, 0.3) is 11.0 Å². The van der Waals surface area contributed by atoms with Gasteiger partial charge in [-0.05, 0) is 12.1 Å². The number of para-hydroxylation sites is 2. The number of amides is 1. The number of benzene rings is 1. The average Bonchev–Trinajstić information content (AvgIpc) is 2.87. The van der Waals surface area contributed by atoms with Crippen LogP contribution in [0.2, 0.25) is 0 Å². The molecule has 1 amide bonds. The Morgan fingerprint density at radius 2 is 2.10 bits per heavy atom. The van der Waals surface area contributed by atoms with Gasteiger partial charge < -0.3 is 5.32 Å². The molecule has 21 heavy (non-hydrogen) atoms. The zero-order chi connectivity index (χ0) is 14.8. The molecule has 0 unspecified atom stereocenters. The lowest BCUT2D eigenvalue weighted by molar-refractivity contribution is -0.116. The number of carbonyl (C=O) groups is 1. The van der Waals surface area contributed by atoms with Gasteiger partial charge in [-0.3, -0.25) is 18.8 Å². The first-order chi connectivity index (χ1) is 10.1. The summed E-state index contributed by atoms with van der Waals surface area (Å²) < 4.78 is 2.98. The van der Waals surface area contributed by atoms with Crippen LogP contribution in [0.3, 0.4) is 0 Å². The fourth-order valence-electron chi connectivity index (χ4n) is 2.11. The summed E-state index contributed by atoms with van der Waals surface area (Å²) in [6.45, 7) is -0.0727. The van der Waals surface area contributed by atoms with Gasteiger partial charge in [0.05, 0.1) is 29.1 Å². The summed E-state index contributed by atoms with van der Waals surface area (Å²) in [7, 11) is 1.76. The van der Waals surface area contributed by atoms with E-state index >= 15 is 0 Å². The average molecular weight is 283 g/mol. The molecule has 0 radical (unpaired) electrons. The highest BCUT2D eigenvalue weighted by Crippen LogP contribution is 2.09. The maximum Gasteiger partial charge on any atom is 0.269 e. The minimum atomic E-state index is -0.310. The van der Waals surface area contributed by atoms with Crippen molar-refractivity contribution in [3.8, 4) is 0 Å². The standard InChI is InChI=1S/C14H13N5O2/c1-18-8-10(6-16-18)17-13(20)9-19-12-5-3-2-4-11(12)15-7-14(19)21/h2-8H,9H2,1H3,(H,17,20).